The Bertz CT molecular complexity index is 1260. The Balaban J connectivity index is 0.00000245. The van der Waals surface area contributed by atoms with E-state index in [4.69, 9.17) is 4.74 Å². The topological polar surface area (TPSA) is 108 Å². The van der Waals surface area contributed by atoms with Crippen molar-refractivity contribution in [2.24, 2.45) is 7.05 Å². The second-order valence-electron chi connectivity index (χ2n) is 8.34. The monoisotopic (exact) mass is 459 g/mol. The van der Waals surface area contributed by atoms with Crippen molar-refractivity contribution in [1.29, 1.82) is 0 Å². The van der Waals surface area contributed by atoms with Crippen LogP contribution in [0.25, 0.3) is 22.2 Å². The largest absolute Gasteiger partial charge is 0.506 e. The first kappa shape index (κ1) is 22.4. The molecule has 0 unspecified atom stereocenters. The number of H-pyrrole nitrogens is 1. The van der Waals surface area contributed by atoms with Gasteiger partial charge in [0, 0.05) is 54.4 Å². The Labute approximate surface area is 190 Å². The van der Waals surface area contributed by atoms with Crippen molar-refractivity contribution in [2.75, 3.05) is 26.3 Å². The van der Waals surface area contributed by atoms with Gasteiger partial charge in [-0.3, -0.25) is 9.69 Å². The van der Waals surface area contributed by atoms with E-state index in [0.29, 0.717) is 17.7 Å². The summed E-state index contributed by atoms with van der Waals surface area (Å²) in [6.07, 6.45) is 2.05. The van der Waals surface area contributed by atoms with E-state index >= 15 is 0 Å². The number of morpholine rings is 1. The number of aromatic nitrogens is 2. The Morgan fingerprint density at radius 3 is 2.66 bits per heavy atom. The Kier molecular flexibility index (Phi) is 6.03. The Morgan fingerprint density at radius 1 is 1.19 bits per heavy atom. The second kappa shape index (κ2) is 8.61. The van der Waals surface area contributed by atoms with Crippen molar-refractivity contribution in [1.82, 2.24) is 14.5 Å². The molecule has 0 bridgehead atoms. The highest BCUT2D eigenvalue weighted by Gasteiger charge is 2.26. The van der Waals surface area contributed by atoms with Gasteiger partial charge in [-0.1, -0.05) is 0 Å². The van der Waals surface area contributed by atoms with Crippen molar-refractivity contribution in [3.8, 4) is 17.0 Å². The summed E-state index contributed by atoms with van der Waals surface area (Å²) in [5.41, 5.74) is 3.93. The van der Waals surface area contributed by atoms with E-state index in [0.717, 1.165) is 67.7 Å². The van der Waals surface area contributed by atoms with Gasteiger partial charge in [0.2, 0.25) is 0 Å². The van der Waals surface area contributed by atoms with E-state index in [1.54, 1.807) is 0 Å². The molecule has 0 saturated carbocycles. The molecule has 170 valence electrons. The van der Waals surface area contributed by atoms with Gasteiger partial charge in [-0.25, -0.2) is 4.79 Å². The lowest BCUT2D eigenvalue weighted by atomic mass is 9.98. The molecule has 2 aliphatic rings. The summed E-state index contributed by atoms with van der Waals surface area (Å²) >= 11 is 0. The van der Waals surface area contributed by atoms with Gasteiger partial charge in [-0.2, -0.15) is 0 Å². The number of carbonyl (C=O) groups is 1. The number of pyridine rings is 1. The van der Waals surface area contributed by atoms with Crippen LogP contribution in [0, 0.1) is 0 Å². The fourth-order valence-electron chi connectivity index (χ4n) is 4.82. The smallest absolute Gasteiger partial charge is 0.345 e. The lowest BCUT2D eigenvalue weighted by Gasteiger charge is -2.26. The quantitative estimate of drug-likeness (QED) is 0.555. The van der Waals surface area contributed by atoms with Crippen molar-refractivity contribution in [3.05, 3.63) is 50.9 Å². The fourth-order valence-corrected chi connectivity index (χ4v) is 4.82. The number of hydrogen-bond acceptors (Lipinski definition) is 5. The molecule has 0 amide bonds. The minimum absolute atomic E-state index is 0. The zero-order valence-corrected chi connectivity index (χ0v) is 18.6. The average Bonchev–Trinajstić information content (AvgIpc) is 2.92. The molecule has 1 aliphatic carbocycles. The summed E-state index contributed by atoms with van der Waals surface area (Å²) in [5, 5.41) is 20.9. The Morgan fingerprint density at radius 2 is 1.94 bits per heavy atom. The van der Waals surface area contributed by atoms with E-state index < -0.39 is 22.8 Å². The molecule has 32 heavy (non-hydrogen) atoms. The van der Waals surface area contributed by atoms with Gasteiger partial charge in [-0.05, 0) is 43.0 Å². The molecule has 1 aliphatic heterocycles. The number of aromatic carboxylic acids is 1. The van der Waals surface area contributed by atoms with Gasteiger partial charge in [0.15, 0.2) is 5.56 Å². The number of halogens is 1. The van der Waals surface area contributed by atoms with Crippen molar-refractivity contribution >= 4 is 29.3 Å². The van der Waals surface area contributed by atoms with Gasteiger partial charge in [0.1, 0.15) is 5.75 Å². The van der Waals surface area contributed by atoms with Crippen LogP contribution in [0.2, 0.25) is 0 Å². The lowest BCUT2D eigenvalue weighted by molar-refractivity contribution is 0.0333. The predicted molar refractivity (Wildman–Crippen MR) is 123 cm³/mol. The number of hydrogen-bond donors (Lipinski definition) is 3. The number of aryl methyl sites for hydroxylation is 2. The molecule has 1 aromatic carbocycles. The summed E-state index contributed by atoms with van der Waals surface area (Å²) < 4.78 is 7.66. The van der Waals surface area contributed by atoms with Crippen LogP contribution >= 0.6 is 12.4 Å². The van der Waals surface area contributed by atoms with Crippen LogP contribution < -0.4 is 5.56 Å². The molecule has 9 heteroatoms. The van der Waals surface area contributed by atoms with Gasteiger partial charge in [0.05, 0.1) is 18.9 Å². The number of ether oxygens (including phenoxy) is 1. The zero-order valence-electron chi connectivity index (χ0n) is 17.8. The van der Waals surface area contributed by atoms with Crippen LogP contribution in [-0.2, 0) is 31.2 Å². The first-order chi connectivity index (χ1) is 14.9. The van der Waals surface area contributed by atoms with Gasteiger partial charge in [-0.15, -0.1) is 12.4 Å². The predicted octanol–water partition coefficient (Wildman–Crippen LogP) is 2.68. The summed E-state index contributed by atoms with van der Waals surface area (Å²) in [5.74, 6) is -1.84. The molecule has 0 atom stereocenters. The molecule has 5 rings (SSSR count). The average molecular weight is 460 g/mol. The molecular weight excluding hydrogens is 434 g/mol. The number of nitrogens with zero attached hydrogens (tertiary/aromatic N) is 2. The maximum Gasteiger partial charge on any atom is 0.345 e. The third-order valence-electron chi connectivity index (χ3n) is 6.50. The normalized spacial score (nSPS) is 16.2. The van der Waals surface area contributed by atoms with Gasteiger partial charge >= 0.3 is 5.97 Å². The van der Waals surface area contributed by atoms with E-state index in [1.165, 1.54) is 5.69 Å². The Hall–Kier alpha value is -2.81. The number of carboxylic acids is 1. The van der Waals surface area contributed by atoms with E-state index in [2.05, 4.69) is 33.6 Å². The van der Waals surface area contributed by atoms with E-state index in [9.17, 15) is 19.8 Å². The fraction of sp³-hybridized carbons (Fsp3) is 0.391. The maximum absolute atomic E-state index is 12.4. The minimum atomic E-state index is -1.42. The number of benzene rings is 1. The number of carboxylic acid groups (broad SMARTS) is 1. The van der Waals surface area contributed by atoms with Crippen LogP contribution in [0.3, 0.4) is 0 Å². The van der Waals surface area contributed by atoms with Crippen LogP contribution in [0.1, 0.15) is 33.6 Å². The third-order valence-corrected chi connectivity index (χ3v) is 6.50. The minimum Gasteiger partial charge on any atom is -0.506 e. The lowest BCUT2D eigenvalue weighted by Crippen LogP contribution is -2.36. The van der Waals surface area contributed by atoms with Crippen LogP contribution in [0.15, 0.2) is 23.0 Å². The van der Waals surface area contributed by atoms with Crippen molar-refractivity contribution < 1.29 is 19.7 Å². The summed E-state index contributed by atoms with van der Waals surface area (Å²) in [4.78, 5) is 29.0. The molecule has 1 fully saturated rings. The first-order valence-corrected chi connectivity index (χ1v) is 10.6. The van der Waals surface area contributed by atoms with Crippen molar-refractivity contribution in [3.63, 3.8) is 0 Å². The molecule has 0 radical (unpaired) electrons. The standard InChI is InChI=1S/C23H25N3O5.ClH/c1-25-15(12-26-5-7-31-8-6-26)9-14-10-17-13(11-18(14)25)3-2-4-16-20(17)24-22(28)19(21(16)27)23(29)30;/h9-11H,2-8,12H2,1H3,(H,29,30)(H2,24,27,28);1H. The highest BCUT2D eigenvalue weighted by molar-refractivity contribution is 5.93. The SMILES string of the molecule is Cl.Cn1c(CN2CCOCC2)cc2cc3c(cc21)CCCc1c-3[nH]c(=O)c(C(=O)O)c1O. The molecule has 0 spiro atoms. The summed E-state index contributed by atoms with van der Waals surface area (Å²) in [7, 11) is 2.07. The van der Waals surface area contributed by atoms with Crippen LogP contribution in [-0.4, -0.2) is 56.9 Å². The molecular formula is C23H26ClN3O5. The molecule has 3 heterocycles. The summed E-state index contributed by atoms with van der Waals surface area (Å²) in [6.45, 7) is 4.18. The number of nitrogens with one attached hydrogen (secondary N) is 1. The number of aromatic hydroxyl groups is 1. The highest BCUT2D eigenvalue weighted by Crippen LogP contribution is 2.38. The number of aromatic amines is 1. The number of fused-ring (bicyclic) bond motifs is 4. The second-order valence-corrected chi connectivity index (χ2v) is 8.34. The molecule has 1 saturated heterocycles. The summed E-state index contributed by atoms with van der Waals surface area (Å²) in [6, 6.07) is 6.37. The first-order valence-electron chi connectivity index (χ1n) is 10.6. The number of rotatable bonds is 3. The van der Waals surface area contributed by atoms with Crippen LogP contribution in [0.5, 0.6) is 5.75 Å². The van der Waals surface area contributed by atoms with Gasteiger partial charge in [0.25, 0.3) is 5.56 Å². The zero-order chi connectivity index (χ0) is 21.7. The highest BCUT2D eigenvalue weighted by atomic mass is 35.5. The van der Waals surface area contributed by atoms with Crippen molar-refractivity contribution in [2.45, 2.75) is 25.8 Å². The molecule has 8 nitrogen and oxygen atoms in total. The van der Waals surface area contributed by atoms with Crippen LogP contribution in [0.4, 0.5) is 0 Å². The third kappa shape index (κ3) is 3.68. The molecule has 2 aromatic heterocycles. The van der Waals surface area contributed by atoms with Gasteiger partial charge < -0.3 is 24.5 Å². The maximum atomic E-state index is 12.4. The molecule has 3 N–H and O–H groups in total. The molecule has 3 aromatic rings. The van der Waals surface area contributed by atoms with E-state index in [-0.39, 0.29) is 12.4 Å². The van der Waals surface area contributed by atoms with E-state index in [1.807, 2.05) is 6.07 Å².